The predicted octanol–water partition coefficient (Wildman–Crippen LogP) is 2.45. The van der Waals surface area contributed by atoms with E-state index in [1.54, 1.807) is 12.2 Å². The first-order chi connectivity index (χ1) is 12.8. The molecule has 0 aromatic heterocycles. The minimum absolute atomic E-state index is 0.0400. The summed E-state index contributed by atoms with van der Waals surface area (Å²) in [5.74, 6) is -1.67. The van der Waals surface area contributed by atoms with Gasteiger partial charge in [-0.1, -0.05) is 30.9 Å². The molecule has 0 bridgehead atoms. The lowest BCUT2D eigenvalue weighted by molar-refractivity contribution is -0.152. The van der Waals surface area contributed by atoms with Gasteiger partial charge in [-0.3, -0.25) is 14.4 Å². The summed E-state index contributed by atoms with van der Waals surface area (Å²) < 4.78 is 4.08. The van der Waals surface area contributed by atoms with E-state index in [0.29, 0.717) is 18.8 Å². The first-order valence-electron chi connectivity index (χ1n) is 8.34. The van der Waals surface area contributed by atoms with Gasteiger partial charge in [-0.15, -0.1) is 26.3 Å². The van der Waals surface area contributed by atoms with Crippen LogP contribution >= 0.6 is 0 Å². The zero-order chi connectivity index (χ0) is 21.1. The molecule has 0 spiro atoms. The fourth-order valence-electron chi connectivity index (χ4n) is 1.65. The Bertz CT molecular complexity index is 508. The molecule has 7 nitrogen and oxygen atoms in total. The van der Waals surface area contributed by atoms with Crippen molar-refractivity contribution in [2.75, 3.05) is 26.2 Å². The molecule has 7 heteroatoms. The molecule has 27 heavy (non-hydrogen) atoms. The van der Waals surface area contributed by atoms with Crippen LogP contribution in [0.1, 0.15) is 19.3 Å². The van der Waals surface area contributed by atoms with Gasteiger partial charge in [0.1, 0.15) is 0 Å². The summed E-state index contributed by atoms with van der Waals surface area (Å²) in [6, 6.07) is 0. The van der Waals surface area contributed by atoms with Gasteiger partial charge in [0, 0.05) is 31.9 Å². The predicted molar refractivity (Wildman–Crippen MR) is 107 cm³/mol. The first kappa shape index (κ1) is 26.3. The van der Waals surface area contributed by atoms with Crippen molar-refractivity contribution in [2.24, 2.45) is 0 Å². The zero-order valence-corrected chi connectivity index (χ0v) is 15.8. The van der Waals surface area contributed by atoms with E-state index in [1.165, 1.54) is 0 Å². The molecule has 1 heterocycles. The first-order valence-corrected chi connectivity index (χ1v) is 8.34. The fraction of sp³-hybridized carbons (Fsp3) is 0.350. The molecular formula is C20H30N2O5. The Balaban J connectivity index is 0. The van der Waals surface area contributed by atoms with Gasteiger partial charge in [0.2, 0.25) is 0 Å². The van der Waals surface area contributed by atoms with Crippen molar-refractivity contribution < 1.29 is 24.2 Å². The van der Waals surface area contributed by atoms with Gasteiger partial charge in [0.15, 0.2) is 0 Å². The van der Waals surface area contributed by atoms with Crippen LogP contribution in [0.2, 0.25) is 0 Å². The van der Waals surface area contributed by atoms with Crippen LogP contribution in [0.15, 0.2) is 62.9 Å². The number of carboxylic acids is 1. The Morgan fingerprint density at radius 3 is 1.70 bits per heavy atom. The number of aliphatic carboxylic acids is 1. The Morgan fingerprint density at radius 1 is 1.00 bits per heavy atom. The number of esters is 2. The number of carbonyl (C=O) groups is 3. The van der Waals surface area contributed by atoms with Crippen LogP contribution in [0, 0.1) is 0 Å². The number of hydrogen-bond acceptors (Lipinski definition) is 6. The maximum absolute atomic E-state index is 10.4. The molecule has 0 saturated carbocycles. The minimum Gasteiger partial charge on any atom is -0.481 e. The molecule has 0 aromatic carbocycles. The number of carbonyl (C=O) groups excluding carboxylic acids is 2. The maximum Gasteiger partial charge on any atom is 0.314 e. The molecule has 0 amide bonds. The molecule has 2 N–H and O–H groups in total. The van der Waals surface area contributed by atoms with E-state index >= 15 is 0 Å². The lowest BCUT2D eigenvalue weighted by atomic mass is 10.3. The fourth-order valence-corrected chi connectivity index (χ4v) is 1.65. The number of hydrogen-bond donors (Lipinski definition) is 2. The van der Waals surface area contributed by atoms with Crippen LogP contribution in [-0.2, 0) is 19.1 Å². The summed E-state index contributed by atoms with van der Waals surface area (Å²) in [5.41, 5.74) is 0.576. The van der Waals surface area contributed by atoms with Gasteiger partial charge in [0.25, 0.3) is 0 Å². The van der Waals surface area contributed by atoms with E-state index in [2.05, 4.69) is 42.9 Å². The van der Waals surface area contributed by atoms with Crippen molar-refractivity contribution in [3.05, 3.63) is 62.9 Å². The van der Waals surface area contributed by atoms with Crippen LogP contribution < -0.4 is 5.32 Å². The van der Waals surface area contributed by atoms with Gasteiger partial charge in [0.05, 0.1) is 19.3 Å². The van der Waals surface area contributed by atoms with Crippen LogP contribution in [-0.4, -0.2) is 54.1 Å². The number of carboxylic acid groups (broad SMARTS) is 1. The molecule has 1 aliphatic heterocycles. The lowest BCUT2D eigenvalue weighted by Gasteiger charge is -2.22. The van der Waals surface area contributed by atoms with Crippen LogP contribution in [0.25, 0.3) is 0 Å². The molecule has 1 aliphatic rings. The highest BCUT2D eigenvalue weighted by Gasteiger charge is 2.19. The van der Waals surface area contributed by atoms with E-state index in [0.717, 1.165) is 13.1 Å². The second-order valence-electron chi connectivity index (χ2n) is 5.20. The smallest absolute Gasteiger partial charge is 0.314 e. The van der Waals surface area contributed by atoms with Gasteiger partial charge >= 0.3 is 17.9 Å². The van der Waals surface area contributed by atoms with E-state index in [-0.39, 0.29) is 19.3 Å². The number of nitrogens with zero attached hydrogens (tertiary/aromatic N) is 1. The molecule has 1 saturated heterocycles. The van der Waals surface area contributed by atoms with Gasteiger partial charge in [-0.25, -0.2) is 0 Å². The Morgan fingerprint density at radius 2 is 1.44 bits per heavy atom. The van der Waals surface area contributed by atoms with Crippen LogP contribution in [0.4, 0.5) is 0 Å². The Labute approximate surface area is 161 Å². The summed E-state index contributed by atoms with van der Waals surface area (Å²) in [5, 5.41) is 11.6. The van der Waals surface area contributed by atoms with E-state index in [4.69, 9.17) is 5.11 Å². The molecule has 1 rings (SSSR count). The van der Waals surface area contributed by atoms with Crippen molar-refractivity contribution >= 4 is 17.9 Å². The number of nitrogens with one attached hydrogen (secondary N) is 1. The van der Waals surface area contributed by atoms with Crippen LogP contribution in [0.3, 0.4) is 0 Å². The van der Waals surface area contributed by atoms with Crippen molar-refractivity contribution in [3.8, 4) is 0 Å². The quantitative estimate of drug-likeness (QED) is 0.247. The lowest BCUT2D eigenvalue weighted by Crippen LogP contribution is -2.24. The third-order valence-electron chi connectivity index (χ3n) is 2.84. The average molecular weight is 378 g/mol. The summed E-state index contributed by atoms with van der Waals surface area (Å²) in [7, 11) is 0. The number of rotatable bonds is 11. The normalized spacial score (nSPS) is 11.6. The molecule has 0 radical (unpaired) electrons. The third kappa shape index (κ3) is 17.7. The van der Waals surface area contributed by atoms with Crippen LogP contribution in [0.5, 0.6) is 0 Å². The molecule has 150 valence electrons. The molecule has 0 aromatic rings. The van der Waals surface area contributed by atoms with Crippen molar-refractivity contribution in [3.63, 3.8) is 0 Å². The Kier molecular flexibility index (Phi) is 17.4. The number of ether oxygens (including phenoxy) is 1. The molecular weight excluding hydrogens is 348 g/mol. The van der Waals surface area contributed by atoms with E-state index in [9.17, 15) is 14.4 Å². The second-order valence-corrected chi connectivity index (χ2v) is 5.20. The molecule has 0 aliphatic carbocycles. The molecule has 1 fully saturated rings. The summed E-state index contributed by atoms with van der Waals surface area (Å²) >= 11 is 0. The summed E-state index contributed by atoms with van der Waals surface area (Å²) in [6.07, 6.45) is 7.54. The highest BCUT2D eigenvalue weighted by atomic mass is 16.6. The third-order valence-corrected chi connectivity index (χ3v) is 2.84. The average Bonchev–Trinajstić information content (AvgIpc) is 2.99. The number of cyclic esters (lactones) is 2. The molecule has 0 atom stereocenters. The minimum atomic E-state index is -0.872. The van der Waals surface area contributed by atoms with Crippen molar-refractivity contribution in [2.45, 2.75) is 19.3 Å². The zero-order valence-electron chi connectivity index (χ0n) is 15.8. The van der Waals surface area contributed by atoms with E-state index < -0.39 is 17.9 Å². The highest BCUT2D eigenvalue weighted by molar-refractivity contribution is 5.92. The second kappa shape index (κ2) is 17.9. The largest absolute Gasteiger partial charge is 0.481 e. The van der Waals surface area contributed by atoms with Crippen molar-refractivity contribution in [1.82, 2.24) is 10.2 Å². The summed E-state index contributed by atoms with van der Waals surface area (Å²) in [6.45, 7) is 20.8. The molecule has 0 unspecified atom stereocenters. The Hall–Kier alpha value is -2.93. The standard InChI is InChI=1S/C10H15NO2.C6H11N.C4H4O3/c1-4-6-11(7-5-2)9(3)8-10(12)13;1-3-5-7-6-4-2;5-3-1-2-4(6)7-3/h4-5H,1-3,6-8H2,(H,12,13);3-4,7H,1-2,5-6H2;1-2H2. The topological polar surface area (TPSA) is 95.9 Å². The SMILES string of the molecule is C=CCN(CC=C)C(=C)CC(=O)O.C=CCNCC=C.O=C1CCC(=O)O1. The van der Waals surface area contributed by atoms with Gasteiger partial charge < -0.3 is 20.1 Å². The maximum atomic E-state index is 10.4. The highest BCUT2D eigenvalue weighted by Crippen LogP contribution is 2.06. The van der Waals surface area contributed by atoms with E-state index in [1.807, 2.05) is 17.1 Å². The summed E-state index contributed by atoms with van der Waals surface area (Å²) in [4.78, 5) is 32.2. The van der Waals surface area contributed by atoms with Crippen molar-refractivity contribution in [1.29, 1.82) is 0 Å². The van der Waals surface area contributed by atoms with Gasteiger partial charge in [-0.05, 0) is 0 Å². The monoisotopic (exact) mass is 378 g/mol. The van der Waals surface area contributed by atoms with Gasteiger partial charge in [-0.2, -0.15) is 0 Å².